The highest BCUT2D eigenvalue weighted by Gasteiger charge is 2.26. The molecule has 3 heterocycles. The molecule has 2 aliphatic heterocycles. The Morgan fingerprint density at radius 3 is 2.50 bits per heavy atom. The molecule has 0 aliphatic carbocycles. The summed E-state index contributed by atoms with van der Waals surface area (Å²) in [6.07, 6.45) is 10.0. The van der Waals surface area contributed by atoms with E-state index in [0.29, 0.717) is 6.04 Å². The summed E-state index contributed by atoms with van der Waals surface area (Å²) in [6.45, 7) is 6.83. The van der Waals surface area contributed by atoms with Gasteiger partial charge in [0.25, 0.3) is 0 Å². The summed E-state index contributed by atoms with van der Waals surface area (Å²) >= 11 is 0. The molecule has 138 valence electrons. The van der Waals surface area contributed by atoms with Crippen molar-refractivity contribution in [3.05, 3.63) is 59.3 Å². The maximum absolute atomic E-state index is 4.88. The van der Waals surface area contributed by atoms with Crippen LogP contribution in [0.4, 0.5) is 5.82 Å². The van der Waals surface area contributed by atoms with E-state index in [1.165, 1.54) is 67.6 Å². The highest BCUT2D eigenvalue weighted by molar-refractivity contribution is 5.44. The van der Waals surface area contributed by atoms with Gasteiger partial charge in [0.1, 0.15) is 5.82 Å². The Morgan fingerprint density at radius 2 is 1.73 bits per heavy atom. The zero-order valence-corrected chi connectivity index (χ0v) is 16.0. The summed E-state index contributed by atoms with van der Waals surface area (Å²) in [7, 11) is 0. The molecule has 0 unspecified atom stereocenters. The maximum atomic E-state index is 4.88. The summed E-state index contributed by atoms with van der Waals surface area (Å²) in [6, 6.07) is 13.7. The third kappa shape index (κ3) is 3.93. The average Bonchev–Trinajstić information content (AvgIpc) is 2.70. The van der Waals surface area contributed by atoms with Crippen LogP contribution < -0.4 is 4.90 Å². The Bertz CT molecular complexity index is 707. The second-order valence-electron chi connectivity index (χ2n) is 7.91. The lowest BCUT2D eigenvalue weighted by molar-refractivity contribution is 0.139. The topological polar surface area (TPSA) is 19.4 Å². The number of hydrogen-bond acceptors (Lipinski definition) is 3. The van der Waals surface area contributed by atoms with Crippen molar-refractivity contribution in [1.29, 1.82) is 0 Å². The van der Waals surface area contributed by atoms with Gasteiger partial charge in [-0.25, -0.2) is 4.98 Å². The van der Waals surface area contributed by atoms with Crippen LogP contribution in [0.25, 0.3) is 0 Å². The fourth-order valence-electron chi connectivity index (χ4n) is 4.55. The van der Waals surface area contributed by atoms with Crippen LogP contribution >= 0.6 is 0 Å². The molecule has 0 radical (unpaired) electrons. The Morgan fingerprint density at radius 1 is 0.962 bits per heavy atom. The Labute approximate surface area is 158 Å². The third-order valence-corrected chi connectivity index (χ3v) is 6.02. The average molecular weight is 350 g/mol. The van der Waals surface area contributed by atoms with Crippen LogP contribution in [-0.2, 0) is 6.54 Å². The van der Waals surface area contributed by atoms with Gasteiger partial charge in [-0.05, 0) is 68.3 Å². The fraction of sp³-hybridized carbons (Fsp3) is 0.522. The fourth-order valence-corrected chi connectivity index (χ4v) is 4.55. The van der Waals surface area contributed by atoms with E-state index in [9.17, 15) is 0 Å². The number of piperidine rings is 2. The lowest BCUT2D eigenvalue weighted by Crippen LogP contribution is -2.34. The van der Waals surface area contributed by atoms with Gasteiger partial charge in [0, 0.05) is 31.9 Å². The van der Waals surface area contributed by atoms with Crippen LogP contribution in [0.15, 0.2) is 42.6 Å². The van der Waals surface area contributed by atoms with Crippen molar-refractivity contribution in [2.75, 3.05) is 24.5 Å². The van der Waals surface area contributed by atoms with Gasteiger partial charge >= 0.3 is 0 Å². The molecule has 1 aromatic carbocycles. The molecule has 1 atom stereocenters. The number of anilines is 1. The van der Waals surface area contributed by atoms with Crippen LogP contribution in [0.3, 0.4) is 0 Å². The second-order valence-corrected chi connectivity index (χ2v) is 7.91. The molecular formula is C23H31N3. The van der Waals surface area contributed by atoms with Crippen LogP contribution in [-0.4, -0.2) is 29.5 Å². The van der Waals surface area contributed by atoms with Crippen molar-refractivity contribution in [2.45, 2.75) is 58.0 Å². The SMILES string of the molecule is Cc1cc(N2CCCCC2)ncc1[C@H]1CCCCN1Cc1ccccc1. The largest absolute Gasteiger partial charge is 0.357 e. The predicted octanol–water partition coefficient (Wildman–Crippen LogP) is 5.11. The Balaban J connectivity index is 1.54. The zero-order chi connectivity index (χ0) is 17.8. The number of nitrogens with zero attached hydrogens (tertiary/aromatic N) is 3. The summed E-state index contributed by atoms with van der Waals surface area (Å²) in [5.74, 6) is 1.18. The van der Waals surface area contributed by atoms with E-state index in [0.717, 1.165) is 19.6 Å². The molecule has 0 saturated carbocycles. The molecule has 0 amide bonds. The number of hydrogen-bond donors (Lipinski definition) is 0. The first-order chi connectivity index (χ1) is 12.8. The van der Waals surface area contributed by atoms with Crippen molar-refractivity contribution < 1.29 is 0 Å². The van der Waals surface area contributed by atoms with Crippen molar-refractivity contribution in [3.63, 3.8) is 0 Å². The smallest absolute Gasteiger partial charge is 0.128 e. The number of likely N-dealkylation sites (tertiary alicyclic amines) is 1. The molecule has 0 spiro atoms. The molecule has 2 aromatic rings. The van der Waals surface area contributed by atoms with Gasteiger partial charge in [-0.2, -0.15) is 0 Å². The van der Waals surface area contributed by atoms with Crippen LogP contribution in [0.5, 0.6) is 0 Å². The van der Waals surface area contributed by atoms with Gasteiger partial charge in [0.15, 0.2) is 0 Å². The normalized spacial score (nSPS) is 21.7. The van der Waals surface area contributed by atoms with Crippen LogP contribution in [0.1, 0.15) is 61.3 Å². The monoisotopic (exact) mass is 349 g/mol. The minimum absolute atomic E-state index is 0.506. The molecule has 3 heteroatoms. The maximum Gasteiger partial charge on any atom is 0.128 e. The number of aromatic nitrogens is 1. The lowest BCUT2D eigenvalue weighted by Gasteiger charge is -2.37. The predicted molar refractivity (Wildman–Crippen MR) is 108 cm³/mol. The van der Waals surface area contributed by atoms with Crippen LogP contribution in [0, 0.1) is 6.92 Å². The van der Waals surface area contributed by atoms with Crippen molar-refractivity contribution in [2.24, 2.45) is 0 Å². The first-order valence-corrected chi connectivity index (χ1v) is 10.3. The minimum Gasteiger partial charge on any atom is -0.357 e. The standard InChI is InChI=1S/C23H31N3/c1-19-16-23(25-13-7-3-8-14-25)24-17-21(19)22-12-6-9-15-26(22)18-20-10-4-2-5-11-20/h2,4-5,10-11,16-17,22H,3,6-9,12-15,18H2,1H3/t22-/m1/s1. The number of benzene rings is 1. The summed E-state index contributed by atoms with van der Waals surface area (Å²) in [5, 5.41) is 0. The summed E-state index contributed by atoms with van der Waals surface area (Å²) in [4.78, 5) is 10.00. The van der Waals surface area contributed by atoms with Gasteiger partial charge in [-0.15, -0.1) is 0 Å². The van der Waals surface area contributed by atoms with Crippen LogP contribution in [0.2, 0.25) is 0 Å². The highest BCUT2D eigenvalue weighted by Crippen LogP contribution is 2.34. The number of rotatable bonds is 4. The Kier molecular flexibility index (Phi) is 5.54. The quantitative estimate of drug-likeness (QED) is 0.765. The molecule has 2 saturated heterocycles. The van der Waals surface area contributed by atoms with Gasteiger partial charge in [0.2, 0.25) is 0 Å². The second kappa shape index (κ2) is 8.22. The summed E-state index contributed by atoms with van der Waals surface area (Å²) in [5.41, 5.74) is 4.25. The molecule has 1 aromatic heterocycles. The van der Waals surface area contributed by atoms with E-state index in [2.05, 4.69) is 59.3 Å². The van der Waals surface area contributed by atoms with E-state index in [1.807, 2.05) is 0 Å². The molecule has 0 N–H and O–H groups in total. The number of aryl methyl sites for hydroxylation is 1. The van der Waals surface area contributed by atoms with E-state index in [4.69, 9.17) is 4.98 Å². The molecule has 2 fully saturated rings. The van der Waals surface area contributed by atoms with E-state index in [-0.39, 0.29) is 0 Å². The minimum atomic E-state index is 0.506. The van der Waals surface area contributed by atoms with E-state index >= 15 is 0 Å². The van der Waals surface area contributed by atoms with Gasteiger partial charge < -0.3 is 4.90 Å². The molecule has 2 aliphatic rings. The lowest BCUT2D eigenvalue weighted by atomic mass is 9.93. The molecule has 26 heavy (non-hydrogen) atoms. The van der Waals surface area contributed by atoms with E-state index < -0.39 is 0 Å². The molecular weight excluding hydrogens is 318 g/mol. The van der Waals surface area contributed by atoms with Crippen molar-refractivity contribution in [1.82, 2.24) is 9.88 Å². The number of pyridine rings is 1. The molecule has 0 bridgehead atoms. The third-order valence-electron chi connectivity index (χ3n) is 6.02. The highest BCUT2D eigenvalue weighted by atomic mass is 15.2. The van der Waals surface area contributed by atoms with E-state index in [1.54, 1.807) is 0 Å². The molecule has 3 nitrogen and oxygen atoms in total. The Hall–Kier alpha value is -1.87. The van der Waals surface area contributed by atoms with Gasteiger partial charge in [-0.1, -0.05) is 36.8 Å². The zero-order valence-electron chi connectivity index (χ0n) is 16.0. The first-order valence-electron chi connectivity index (χ1n) is 10.3. The van der Waals surface area contributed by atoms with Crippen molar-refractivity contribution in [3.8, 4) is 0 Å². The summed E-state index contributed by atoms with van der Waals surface area (Å²) < 4.78 is 0. The first kappa shape index (κ1) is 17.5. The van der Waals surface area contributed by atoms with Gasteiger partial charge in [-0.3, -0.25) is 4.90 Å². The van der Waals surface area contributed by atoms with Crippen molar-refractivity contribution >= 4 is 5.82 Å². The molecule has 4 rings (SSSR count). The van der Waals surface area contributed by atoms with Gasteiger partial charge in [0.05, 0.1) is 0 Å².